The summed E-state index contributed by atoms with van der Waals surface area (Å²) in [6, 6.07) is 16.1. The molecule has 0 aromatic heterocycles. The monoisotopic (exact) mass is 329 g/mol. The minimum atomic E-state index is -0.119. The smallest absolute Gasteiger partial charge is 0.284 e. The molecule has 0 fully saturated rings. The van der Waals surface area contributed by atoms with Crippen LogP contribution < -0.4 is 10.2 Å². The third-order valence-corrected chi connectivity index (χ3v) is 4.77. The Morgan fingerprint density at radius 1 is 1.13 bits per heavy atom. The second kappa shape index (κ2) is 6.73. The number of nitrogens with zero attached hydrogens (tertiary/aromatic N) is 1. The SMILES string of the molecule is C[C@@H]([NH2+][C@H](C)c1ccc(Cl)cc1)C(=O)N1CCc2ccccc21. The summed E-state index contributed by atoms with van der Waals surface area (Å²) < 4.78 is 0. The number of anilines is 1. The van der Waals surface area contributed by atoms with Crippen molar-refractivity contribution in [2.45, 2.75) is 32.4 Å². The lowest BCUT2D eigenvalue weighted by molar-refractivity contribution is -0.710. The van der Waals surface area contributed by atoms with E-state index in [-0.39, 0.29) is 18.0 Å². The lowest BCUT2D eigenvalue weighted by Crippen LogP contribution is -2.92. The van der Waals surface area contributed by atoms with E-state index >= 15 is 0 Å². The quantitative estimate of drug-likeness (QED) is 0.920. The molecule has 2 aromatic carbocycles. The molecule has 1 aliphatic heterocycles. The maximum absolute atomic E-state index is 12.8. The van der Waals surface area contributed by atoms with Crippen molar-refractivity contribution in [2.75, 3.05) is 11.4 Å². The van der Waals surface area contributed by atoms with E-state index in [0.717, 1.165) is 23.7 Å². The number of halogens is 1. The molecule has 0 radical (unpaired) electrons. The Morgan fingerprint density at radius 2 is 1.83 bits per heavy atom. The first-order valence-corrected chi connectivity index (χ1v) is 8.44. The van der Waals surface area contributed by atoms with Gasteiger partial charge in [-0.05, 0) is 44.0 Å². The number of para-hydroxylation sites is 1. The number of amides is 1. The van der Waals surface area contributed by atoms with Crippen molar-refractivity contribution in [3.63, 3.8) is 0 Å². The fraction of sp³-hybridized carbons (Fsp3) is 0.316. The molecule has 0 spiro atoms. The highest BCUT2D eigenvalue weighted by Crippen LogP contribution is 2.27. The van der Waals surface area contributed by atoms with Crippen molar-refractivity contribution in [3.8, 4) is 0 Å². The fourth-order valence-electron chi connectivity index (χ4n) is 3.21. The minimum Gasteiger partial charge on any atom is -0.330 e. The van der Waals surface area contributed by atoms with Crippen LogP contribution in [0.2, 0.25) is 5.02 Å². The van der Waals surface area contributed by atoms with Crippen LogP contribution in [-0.4, -0.2) is 18.5 Å². The van der Waals surface area contributed by atoms with Gasteiger partial charge in [-0.2, -0.15) is 0 Å². The molecule has 4 heteroatoms. The molecule has 3 rings (SSSR count). The summed E-state index contributed by atoms with van der Waals surface area (Å²) in [5.74, 6) is 0.177. The number of carbonyl (C=O) groups excluding carboxylic acids is 1. The van der Waals surface area contributed by atoms with Gasteiger partial charge in [0.1, 0.15) is 6.04 Å². The van der Waals surface area contributed by atoms with Gasteiger partial charge in [0.2, 0.25) is 0 Å². The molecule has 1 aliphatic rings. The van der Waals surface area contributed by atoms with Crippen molar-refractivity contribution in [2.24, 2.45) is 0 Å². The predicted octanol–water partition coefficient (Wildman–Crippen LogP) is 2.94. The van der Waals surface area contributed by atoms with Gasteiger partial charge in [-0.1, -0.05) is 41.9 Å². The van der Waals surface area contributed by atoms with Crippen LogP contribution in [0.4, 0.5) is 5.69 Å². The van der Waals surface area contributed by atoms with Gasteiger partial charge in [0.25, 0.3) is 5.91 Å². The van der Waals surface area contributed by atoms with Crippen LogP contribution in [0.3, 0.4) is 0 Å². The van der Waals surface area contributed by atoms with Gasteiger partial charge in [0.15, 0.2) is 6.04 Å². The Balaban J connectivity index is 1.67. The fourth-order valence-corrected chi connectivity index (χ4v) is 3.33. The number of fused-ring (bicyclic) bond motifs is 1. The molecular formula is C19H22ClN2O+. The Hall–Kier alpha value is -1.84. The highest BCUT2D eigenvalue weighted by atomic mass is 35.5. The summed E-state index contributed by atoms with van der Waals surface area (Å²) in [6.45, 7) is 4.88. The highest BCUT2D eigenvalue weighted by Gasteiger charge is 2.30. The first-order chi connectivity index (χ1) is 11.1. The van der Waals surface area contributed by atoms with Crippen LogP contribution in [0.5, 0.6) is 0 Å². The normalized spacial score (nSPS) is 16.0. The summed E-state index contributed by atoms with van der Waals surface area (Å²) in [7, 11) is 0. The molecular weight excluding hydrogens is 308 g/mol. The molecule has 0 saturated carbocycles. The topological polar surface area (TPSA) is 36.9 Å². The lowest BCUT2D eigenvalue weighted by Gasteiger charge is -2.22. The van der Waals surface area contributed by atoms with Crippen molar-refractivity contribution < 1.29 is 10.1 Å². The van der Waals surface area contributed by atoms with Gasteiger partial charge in [-0.25, -0.2) is 0 Å². The average Bonchev–Trinajstić information content (AvgIpc) is 2.98. The molecule has 0 aliphatic carbocycles. The predicted molar refractivity (Wildman–Crippen MR) is 93.8 cm³/mol. The van der Waals surface area contributed by atoms with Crippen LogP contribution in [0.15, 0.2) is 48.5 Å². The third kappa shape index (κ3) is 3.41. The Bertz CT molecular complexity index is 699. The van der Waals surface area contributed by atoms with Gasteiger partial charge < -0.3 is 10.2 Å². The maximum Gasteiger partial charge on any atom is 0.284 e. The van der Waals surface area contributed by atoms with E-state index in [1.165, 1.54) is 11.1 Å². The van der Waals surface area contributed by atoms with Crippen molar-refractivity contribution >= 4 is 23.2 Å². The number of quaternary nitrogens is 1. The van der Waals surface area contributed by atoms with Gasteiger partial charge in [-0.3, -0.25) is 4.79 Å². The Kier molecular flexibility index (Phi) is 4.69. The van der Waals surface area contributed by atoms with E-state index in [2.05, 4.69) is 18.3 Å². The molecule has 2 atom stereocenters. The molecule has 120 valence electrons. The average molecular weight is 330 g/mol. The molecule has 1 heterocycles. The van der Waals surface area contributed by atoms with Crippen molar-refractivity contribution in [1.29, 1.82) is 0 Å². The molecule has 2 N–H and O–H groups in total. The number of nitrogens with two attached hydrogens (primary N) is 1. The molecule has 1 amide bonds. The van der Waals surface area contributed by atoms with Gasteiger partial charge in [-0.15, -0.1) is 0 Å². The summed E-state index contributed by atoms with van der Waals surface area (Å²) in [6.07, 6.45) is 0.946. The molecule has 23 heavy (non-hydrogen) atoms. The van der Waals surface area contributed by atoms with Crippen LogP contribution in [-0.2, 0) is 11.2 Å². The van der Waals surface area contributed by atoms with Crippen LogP contribution in [0.25, 0.3) is 0 Å². The Morgan fingerprint density at radius 3 is 2.57 bits per heavy atom. The molecule has 2 aromatic rings. The zero-order valence-corrected chi connectivity index (χ0v) is 14.3. The second-order valence-corrected chi connectivity index (χ2v) is 6.63. The van der Waals surface area contributed by atoms with Gasteiger partial charge in [0.05, 0.1) is 0 Å². The summed E-state index contributed by atoms with van der Waals surface area (Å²) in [4.78, 5) is 14.7. The number of rotatable bonds is 4. The maximum atomic E-state index is 12.8. The summed E-state index contributed by atoms with van der Waals surface area (Å²) in [5.41, 5.74) is 3.51. The van der Waals surface area contributed by atoms with E-state index in [1.54, 1.807) is 0 Å². The van der Waals surface area contributed by atoms with Crippen LogP contribution >= 0.6 is 11.6 Å². The number of benzene rings is 2. The molecule has 0 saturated heterocycles. The minimum absolute atomic E-state index is 0.119. The molecule has 0 unspecified atom stereocenters. The van der Waals surface area contributed by atoms with E-state index in [9.17, 15) is 4.79 Å². The molecule has 0 bridgehead atoms. The van der Waals surface area contributed by atoms with E-state index < -0.39 is 0 Å². The first kappa shape index (κ1) is 16.0. The number of hydrogen-bond donors (Lipinski definition) is 1. The van der Waals surface area contributed by atoms with Crippen LogP contribution in [0.1, 0.15) is 31.0 Å². The van der Waals surface area contributed by atoms with Crippen LogP contribution in [0, 0.1) is 0 Å². The zero-order valence-electron chi connectivity index (χ0n) is 13.5. The van der Waals surface area contributed by atoms with Crippen molar-refractivity contribution in [3.05, 3.63) is 64.7 Å². The van der Waals surface area contributed by atoms with Crippen molar-refractivity contribution in [1.82, 2.24) is 0 Å². The van der Waals surface area contributed by atoms with Gasteiger partial charge in [0, 0.05) is 22.8 Å². The number of hydrogen-bond acceptors (Lipinski definition) is 1. The highest BCUT2D eigenvalue weighted by molar-refractivity contribution is 6.30. The lowest BCUT2D eigenvalue weighted by atomic mass is 10.1. The first-order valence-electron chi connectivity index (χ1n) is 8.06. The Labute approximate surface area is 142 Å². The zero-order chi connectivity index (χ0) is 16.4. The van der Waals surface area contributed by atoms with E-state index in [4.69, 9.17) is 11.6 Å². The second-order valence-electron chi connectivity index (χ2n) is 6.19. The third-order valence-electron chi connectivity index (χ3n) is 4.52. The van der Waals surface area contributed by atoms with E-state index in [0.29, 0.717) is 0 Å². The standard InChI is InChI=1S/C19H21ClN2O/c1-13(15-7-9-17(20)10-8-15)21-14(2)19(23)22-12-11-16-5-3-4-6-18(16)22/h3-10,13-14,21H,11-12H2,1-2H3/p+1/t13-,14-/m1/s1. The van der Waals surface area contributed by atoms with E-state index in [1.807, 2.05) is 54.3 Å². The number of carbonyl (C=O) groups is 1. The van der Waals surface area contributed by atoms with Gasteiger partial charge >= 0.3 is 0 Å². The summed E-state index contributed by atoms with van der Waals surface area (Å²) >= 11 is 5.94. The largest absolute Gasteiger partial charge is 0.330 e. The summed E-state index contributed by atoms with van der Waals surface area (Å²) in [5, 5.41) is 2.85. The molecule has 3 nitrogen and oxygen atoms in total.